The van der Waals surface area contributed by atoms with Crippen LogP contribution in [-0.2, 0) is 4.79 Å². The lowest BCUT2D eigenvalue weighted by Crippen LogP contribution is -2.53. The highest BCUT2D eigenvalue weighted by atomic mass is 35.5. The fraction of sp³-hybridized carbons (Fsp3) is 0.389. The fourth-order valence-electron chi connectivity index (χ4n) is 3.02. The lowest BCUT2D eigenvalue weighted by Gasteiger charge is -2.32. The summed E-state index contributed by atoms with van der Waals surface area (Å²) in [6.07, 6.45) is 1.82. The van der Waals surface area contributed by atoms with E-state index in [4.69, 9.17) is 11.6 Å². The number of aromatic nitrogens is 2. The van der Waals surface area contributed by atoms with E-state index >= 15 is 0 Å². The number of aryl methyl sites for hydroxylation is 1. The van der Waals surface area contributed by atoms with Crippen molar-refractivity contribution in [3.05, 3.63) is 46.6 Å². The normalized spacial score (nSPS) is 19.9. The first-order valence-electron chi connectivity index (χ1n) is 8.64. The third kappa shape index (κ3) is 4.23. The summed E-state index contributed by atoms with van der Waals surface area (Å²) >= 11 is 5.87. The van der Waals surface area contributed by atoms with E-state index in [1.807, 2.05) is 6.92 Å². The number of hydrogen-bond donors (Lipinski definition) is 3. The van der Waals surface area contributed by atoms with Gasteiger partial charge in [0.2, 0.25) is 5.91 Å². The van der Waals surface area contributed by atoms with Crippen molar-refractivity contribution in [1.29, 1.82) is 0 Å². The summed E-state index contributed by atoms with van der Waals surface area (Å²) in [7, 11) is 0. The van der Waals surface area contributed by atoms with Crippen LogP contribution in [0.4, 0.5) is 5.82 Å². The zero-order valence-electron chi connectivity index (χ0n) is 14.8. The van der Waals surface area contributed by atoms with Gasteiger partial charge >= 0.3 is 0 Å². The third-order valence-electron chi connectivity index (χ3n) is 4.21. The van der Waals surface area contributed by atoms with Gasteiger partial charge in [0.05, 0.1) is 5.69 Å². The average molecular weight is 376 g/mol. The highest BCUT2D eigenvalue weighted by molar-refractivity contribution is 6.30. The lowest BCUT2D eigenvalue weighted by atomic mass is 10.1. The van der Waals surface area contributed by atoms with Crippen LogP contribution >= 0.6 is 11.6 Å². The summed E-state index contributed by atoms with van der Waals surface area (Å²) in [6, 6.07) is 8.49. The monoisotopic (exact) mass is 375 g/mol. The Labute approximate surface area is 157 Å². The molecule has 2 amide bonds. The minimum atomic E-state index is -0.498. The Morgan fingerprint density at radius 2 is 2.12 bits per heavy atom. The second-order valence-electron chi connectivity index (χ2n) is 6.40. The standard InChI is InChI=1S/C18H22ClN5O2/c1-3-4-14-10-16(25)22-18(20-14)24-15(9-11(2)23-24)21-17(26)12-5-7-13(19)8-6-12/h5-9,14,18,20H,3-4,10H2,1-2H3,(H,21,26)(H,22,25). The number of hydrogen-bond acceptors (Lipinski definition) is 4. The van der Waals surface area contributed by atoms with Crippen LogP contribution < -0.4 is 16.0 Å². The molecule has 2 atom stereocenters. The van der Waals surface area contributed by atoms with Gasteiger partial charge in [-0.1, -0.05) is 24.9 Å². The molecule has 1 aliphatic rings. The van der Waals surface area contributed by atoms with Crippen molar-refractivity contribution in [1.82, 2.24) is 20.4 Å². The van der Waals surface area contributed by atoms with Gasteiger partial charge in [-0.3, -0.25) is 14.9 Å². The zero-order chi connectivity index (χ0) is 18.7. The molecular weight excluding hydrogens is 354 g/mol. The molecule has 0 saturated carbocycles. The molecule has 2 unspecified atom stereocenters. The minimum absolute atomic E-state index is 0.0321. The summed E-state index contributed by atoms with van der Waals surface area (Å²) < 4.78 is 1.60. The highest BCUT2D eigenvalue weighted by Gasteiger charge is 2.28. The molecule has 3 rings (SSSR count). The molecule has 1 aromatic carbocycles. The molecule has 1 aromatic heterocycles. The van der Waals surface area contributed by atoms with Gasteiger partial charge in [-0.2, -0.15) is 5.10 Å². The van der Waals surface area contributed by atoms with E-state index in [-0.39, 0.29) is 17.9 Å². The van der Waals surface area contributed by atoms with Gasteiger partial charge in [-0.15, -0.1) is 0 Å². The van der Waals surface area contributed by atoms with Crippen molar-refractivity contribution in [2.24, 2.45) is 0 Å². The maximum atomic E-state index is 12.5. The number of anilines is 1. The Kier molecular flexibility index (Phi) is 5.58. The molecule has 138 valence electrons. The maximum Gasteiger partial charge on any atom is 0.256 e. The Balaban J connectivity index is 1.80. The second kappa shape index (κ2) is 7.88. The minimum Gasteiger partial charge on any atom is -0.322 e. The number of nitrogens with zero attached hydrogens (tertiary/aromatic N) is 2. The van der Waals surface area contributed by atoms with Gasteiger partial charge in [-0.25, -0.2) is 4.68 Å². The number of halogens is 1. The first-order chi connectivity index (χ1) is 12.5. The molecule has 3 N–H and O–H groups in total. The van der Waals surface area contributed by atoms with Crippen molar-refractivity contribution in [2.75, 3.05) is 5.32 Å². The SMILES string of the molecule is CCCC1CC(=O)NC(n2nc(C)cc2NC(=O)c2ccc(Cl)cc2)N1. The van der Waals surface area contributed by atoms with Gasteiger partial charge < -0.3 is 10.6 Å². The summed E-state index contributed by atoms with van der Waals surface area (Å²) in [5.74, 6) is 0.211. The van der Waals surface area contributed by atoms with E-state index < -0.39 is 6.29 Å². The van der Waals surface area contributed by atoms with Gasteiger partial charge in [0.25, 0.3) is 5.91 Å². The van der Waals surface area contributed by atoms with E-state index in [0.29, 0.717) is 22.8 Å². The average Bonchev–Trinajstić information content (AvgIpc) is 2.95. The van der Waals surface area contributed by atoms with Crippen molar-refractivity contribution < 1.29 is 9.59 Å². The molecule has 1 saturated heterocycles. The van der Waals surface area contributed by atoms with Crippen molar-refractivity contribution >= 4 is 29.2 Å². The highest BCUT2D eigenvalue weighted by Crippen LogP contribution is 2.20. The van der Waals surface area contributed by atoms with E-state index in [2.05, 4.69) is 28.0 Å². The van der Waals surface area contributed by atoms with Crippen LogP contribution in [0, 0.1) is 6.92 Å². The van der Waals surface area contributed by atoms with Gasteiger partial charge in [0.1, 0.15) is 5.82 Å². The van der Waals surface area contributed by atoms with E-state index in [1.165, 1.54) is 0 Å². The Bertz CT molecular complexity index is 802. The van der Waals surface area contributed by atoms with Crippen LogP contribution in [0.1, 0.15) is 48.5 Å². The molecule has 7 nitrogen and oxygen atoms in total. The molecule has 0 aliphatic carbocycles. The van der Waals surface area contributed by atoms with Crippen LogP contribution in [0.25, 0.3) is 0 Å². The Morgan fingerprint density at radius 1 is 1.38 bits per heavy atom. The number of nitrogens with one attached hydrogen (secondary N) is 3. The van der Waals surface area contributed by atoms with Gasteiger partial charge in [0, 0.05) is 29.1 Å². The van der Waals surface area contributed by atoms with Crippen LogP contribution in [0.15, 0.2) is 30.3 Å². The van der Waals surface area contributed by atoms with E-state index in [1.54, 1.807) is 35.0 Å². The largest absolute Gasteiger partial charge is 0.322 e. The summed E-state index contributed by atoms with van der Waals surface area (Å²) in [4.78, 5) is 24.5. The van der Waals surface area contributed by atoms with E-state index in [0.717, 1.165) is 18.5 Å². The molecule has 0 spiro atoms. The molecule has 2 heterocycles. The summed E-state index contributed by atoms with van der Waals surface area (Å²) in [5, 5.41) is 14.1. The van der Waals surface area contributed by atoms with Crippen molar-refractivity contribution in [2.45, 2.75) is 45.4 Å². The maximum absolute atomic E-state index is 12.5. The van der Waals surface area contributed by atoms with E-state index in [9.17, 15) is 9.59 Å². The molecule has 0 radical (unpaired) electrons. The number of benzene rings is 1. The fourth-order valence-corrected chi connectivity index (χ4v) is 3.15. The number of carbonyl (C=O) groups is 2. The van der Waals surface area contributed by atoms with Gasteiger partial charge in [-0.05, 0) is 37.6 Å². The number of carbonyl (C=O) groups excluding carboxylic acids is 2. The lowest BCUT2D eigenvalue weighted by molar-refractivity contribution is -0.125. The third-order valence-corrected chi connectivity index (χ3v) is 4.46. The van der Waals surface area contributed by atoms with Crippen molar-refractivity contribution in [3.63, 3.8) is 0 Å². The second-order valence-corrected chi connectivity index (χ2v) is 6.84. The number of amides is 2. The smallest absolute Gasteiger partial charge is 0.256 e. The van der Waals surface area contributed by atoms with Crippen LogP contribution in [0.3, 0.4) is 0 Å². The first kappa shape index (κ1) is 18.4. The zero-order valence-corrected chi connectivity index (χ0v) is 15.5. The number of rotatable bonds is 5. The molecule has 1 fully saturated rings. The van der Waals surface area contributed by atoms with Crippen LogP contribution in [-0.4, -0.2) is 27.6 Å². The molecule has 1 aliphatic heterocycles. The molecule has 8 heteroatoms. The Morgan fingerprint density at radius 3 is 2.81 bits per heavy atom. The summed E-state index contributed by atoms with van der Waals surface area (Å²) in [5.41, 5.74) is 1.23. The summed E-state index contributed by atoms with van der Waals surface area (Å²) in [6.45, 7) is 3.92. The van der Waals surface area contributed by atoms with Crippen molar-refractivity contribution in [3.8, 4) is 0 Å². The first-order valence-corrected chi connectivity index (χ1v) is 9.02. The van der Waals surface area contributed by atoms with Crippen LogP contribution in [0.2, 0.25) is 5.02 Å². The topological polar surface area (TPSA) is 88.1 Å². The Hall–Kier alpha value is -2.38. The predicted molar refractivity (Wildman–Crippen MR) is 100.0 cm³/mol. The van der Waals surface area contributed by atoms with Gasteiger partial charge in [0.15, 0.2) is 6.29 Å². The van der Waals surface area contributed by atoms with Crippen LogP contribution in [0.5, 0.6) is 0 Å². The molecule has 26 heavy (non-hydrogen) atoms. The molecule has 2 aromatic rings. The quantitative estimate of drug-likeness (QED) is 0.749. The predicted octanol–water partition coefficient (Wildman–Crippen LogP) is 2.83. The molecular formula is C18H22ClN5O2. The molecule has 0 bridgehead atoms.